The van der Waals surface area contributed by atoms with Crippen LogP contribution in [0.15, 0.2) is 89.3 Å². The summed E-state index contributed by atoms with van der Waals surface area (Å²) >= 11 is 0. The molecule has 0 amide bonds. The number of hydrogen-bond acceptors (Lipinski definition) is 3. The summed E-state index contributed by atoms with van der Waals surface area (Å²) in [5.74, 6) is 0.853. The molecule has 0 radical (unpaired) electrons. The molecule has 0 atom stereocenters. The van der Waals surface area contributed by atoms with Crippen molar-refractivity contribution < 1.29 is 9.52 Å². The van der Waals surface area contributed by atoms with Crippen molar-refractivity contribution in [3.05, 3.63) is 84.9 Å². The Hall–Kier alpha value is -3.59. The van der Waals surface area contributed by atoms with Crippen LogP contribution in [0.1, 0.15) is 0 Å². The predicted molar refractivity (Wildman–Crippen MR) is 104 cm³/mol. The predicted octanol–water partition coefficient (Wildman–Crippen LogP) is 6.02. The maximum absolute atomic E-state index is 10.5. The van der Waals surface area contributed by atoms with Gasteiger partial charge in [0.1, 0.15) is 11.3 Å². The number of benzene rings is 4. The molecule has 0 aliphatic carbocycles. The molecular weight excluding hydrogens is 322 g/mol. The average Bonchev–Trinajstić information content (AvgIpc) is 3.12. The monoisotopic (exact) mass is 337 g/mol. The highest BCUT2D eigenvalue weighted by Gasteiger charge is 2.13. The summed E-state index contributed by atoms with van der Waals surface area (Å²) in [4.78, 5) is 4.57. The van der Waals surface area contributed by atoms with Crippen LogP contribution in [0.3, 0.4) is 0 Å². The van der Waals surface area contributed by atoms with E-state index in [0.717, 1.165) is 33.0 Å². The van der Waals surface area contributed by atoms with Gasteiger partial charge in [0, 0.05) is 11.1 Å². The summed E-state index contributed by atoms with van der Waals surface area (Å²) in [6.45, 7) is 0. The number of hydrogen-bond donors (Lipinski definition) is 1. The fourth-order valence-electron chi connectivity index (χ4n) is 3.35. The van der Waals surface area contributed by atoms with Gasteiger partial charge in [0.05, 0.1) is 0 Å². The molecule has 0 aliphatic heterocycles. The highest BCUT2D eigenvalue weighted by Crippen LogP contribution is 2.38. The number of aromatic hydroxyl groups is 1. The van der Waals surface area contributed by atoms with Crippen molar-refractivity contribution in [2.45, 2.75) is 0 Å². The second-order valence-corrected chi connectivity index (χ2v) is 6.25. The Bertz CT molecular complexity index is 1240. The zero-order valence-corrected chi connectivity index (χ0v) is 13.9. The maximum atomic E-state index is 10.5. The van der Waals surface area contributed by atoms with E-state index < -0.39 is 0 Å². The summed E-state index contributed by atoms with van der Waals surface area (Å²) in [6, 6.07) is 27.4. The van der Waals surface area contributed by atoms with Gasteiger partial charge in [-0.15, -0.1) is 0 Å². The standard InChI is InChI=1S/C23H15NO2/c25-20-13-11-15-6-4-5-9-18(15)22(20)17-10-12-19-21(14-17)26-23(24-19)16-7-2-1-3-8-16/h1-14,25H. The van der Waals surface area contributed by atoms with Crippen molar-refractivity contribution in [3.63, 3.8) is 0 Å². The van der Waals surface area contributed by atoms with Crippen LogP contribution in [0.2, 0.25) is 0 Å². The minimum atomic E-state index is 0.255. The summed E-state index contributed by atoms with van der Waals surface area (Å²) in [5, 5.41) is 12.6. The van der Waals surface area contributed by atoms with Gasteiger partial charge in [0.15, 0.2) is 5.58 Å². The highest BCUT2D eigenvalue weighted by atomic mass is 16.3. The van der Waals surface area contributed by atoms with Gasteiger partial charge < -0.3 is 9.52 Å². The van der Waals surface area contributed by atoms with E-state index in [9.17, 15) is 5.11 Å². The Kier molecular flexibility index (Phi) is 3.25. The number of fused-ring (bicyclic) bond motifs is 2. The van der Waals surface area contributed by atoms with E-state index in [2.05, 4.69) is 4.98 Å². The number of phenols is 1. The van der Waals surface area contributed by atoms with Gasteiger partial charge in [0.2, 0.25) is 5.89 Å². The Balaban J connectivity index is 1.71. The second-order valence-electron chi connectivity index (χ2n) is 6.25. The Labute approximate surface area is 150 Å². The van der Waals surface area contributed by atoms with Gasteiger partial charge in [-0.1, -0.05) is 54.6 Å². The molecular formula is C23H15NO2. The van der Waals surface area contributed by atoms with Crippen LogP contribution in [0, 0.1) is 0 Å². The summed E-state index contributed by atoms with van der Waals surface area (Å²) in [6.07, 6.45) is 0. The minimum Gasteiger partial charge on any atom is -0.507 e. The largest absolute Gasteiger partial charge is 0.507 e. The smallest absolute Gasteiger partial charge is 0.227 e. The van der Waals surface area contributed by atoms with Crippen molar-refractivity contribution in [3.8, 4) is 28.3 Å². The molecule has 0 aliphatic rings. The molecule has 1 N–H and O–H groups in total. The zero-order chi connectivity index (χ0) is 17.5. The Morgan fingerprint density at radius 3 is 2.42 bits per heavy atom. The number of rotatable bonds is 2. The molecule has 0 bridgehead atoms. The lowest BCUT2D eigenvalue weighted by atomic mass is 9.97. The average molecular weight is 337 g/mol. The lowest BCUT2D eigenvalue weighted by Crippen LogP contribution is -1.83. The first-order valence-corrected chi connectivity index (χ1v) is 8.47. The van der Waals surface area contributed by atoms with Gasteiger partial charge in [-0.25, -0.2) is 4.98 Å². The summed E-state index contributed by atoms with van der Waals surface area (Å²) < 4.78 is 5.98. The quantitative estimate of drug-likeness (QED) is 0.428. The molecule has 0 saturated carbocycles. The topological polar surface area (TPSA) is 46.3 Å². The van der Waals surface area contributed by atoms with E-state index in [1.54, 1.807) is 6.07 Å². The van der Waals surface area contributed by atoms with E-state index in [4.69, 9.17) is 4.42 Å². The lowest BCUT2D eigenvalue weighted by Gasteiger charge is -2.09. The SMILES string of the molecule is Oc1ccc2ccccc2c1-c1ccc2nc(-c3ccccc3)oc2c1. The van der Waals surface area contributed by atoms with E-state index in [0.29, 0.717) is 11.5 Å². The van der Waals surface area contributed by atoms with E-state index in [1.807, 2.05) is 78.9 Å². The molecule has 1 aromatic heterocycles. The van der Waals surface area contributed by atoms with Crippen LogP contribution in [0.25, 0.3) is 44.5 Å². The minimum absolute atomic E-state index is 0.255. The highest BCUT2D eigenvalue weighted by molar-refractivity contribution is 6.00. The molecule has 4 aromatic carbocycles. The number of nitrogens with zero attached hydrogens (tertiary/aromatic N) is 1. The van der Waals surface area contributed by atoms with Crippen LogP contribution < -0.4 is 0 Å². The molecule has 5 aromatic rings. The van der Waals surface area contributed by atoms with Crippen LogP contribution in [-0.4, -0.2) is 10.1 Å². The lowest BCUT2D eigenvalue weighted by molar-refractivity contribution is 0.478. The van der Waals surface area contributed by atoms with Gasteiger partial charge in [-0.05, 0) is 46.7 Å². The first-order valence-electron chi connectivity index (χ1n) is 8.47. The van der Waals surface area contributed by atoms with Crippen LogP contribution in [-0.2, 0) is 0 Å². The second kappa shape index (κ2) is 5.74. The third-order valence-corrected chi connectivity index (χ3v) is 4.60. The van der Waals surface area contributed by atoms with E-state index in [1.165, 1.54) is 0 Å². The van der Waals surface area contributed by atoms with E-state index >= 15 is 0 Å². The van der Waals surface area contributed by atoms with Gasteiger partial charge in [-0.3, -0.25) is 0 Å². The van der Waals surface area contributed by atoms with E-state index in [-0.39, 0.29) is 5.75 Å². The molecule has 0 fully saturated rings. The fourth-order valence-corrected chi connectivity index (χ4v) is 3.35. The molecule has 26 heavy (non-hydrogen) atoms. The Morgan fingerprint density at radius 2 is 1.54 bits per heavy atom. The third kappa shape index (κ3) is 2.33. The van der Waals surface area contributed by atoms with Crippen molar-refractivity contribution in [1.82, 2.24) is 4.98 Å². The van der Waals surface area contributed by atoms with Crippen molar-refractivity contribution in [2.75, 3.05) is 0 Å². The molecule has 0 saturated heterocycles. The maximum Gasteiger partial charge on any atom is 0.227 e. The van der Waals surface area contributed by atoms with Crippen molar-refractivity contribution in [2.24, 2.45) is 0 Å². The normalized spacial score (nSPS) is 11.2. The van der Waals surface area contributed by atoms with Gasteiger partial charge in [-0.2, -0.15) is 0 Å². The Morgan fingerprint density at radius 1 is 0.731 bits per heavy atom. The fraction of sp³-hybridized carbons (Fsp3) is 0. The van der Waals surface area contributed by atoms with Crippen LogP contribution >= 0.6 is 0 Å². The summed E-state index contributed by atoms with van der Waals surface area (Å²) in [7, 11) is 0. The van der Waals surface area contributed by atoms with Crippen molar-refractivity contribution in [1.29, 1.82) is 0 Å². The van der Waals surface area contributed by atoms with Gasteiger partial charge in [0.25, 0.3) is 0 Å². The number of oxazole rings is 1. The van der Waals surface area contributed by atoms with Crippen LogP contribution in [0.5, 0.6) is 5.75 Å². The first kappa shape index (κ1) is 14.7. The van der Waals surface area contributed by atoms with Gasteiger partial charge >= 0.3 is 0 Å². The summed E-state index contributed by atoms with van der Waals surface area (Å²) in [5.41, 5.74) is 4.16. The molecule has 0 spiro atoms. The van der Waals surface area contributed by atoms with Crippen molar-refractivity contribution >= 4 is 21.9 Å². The number of phenolic OH excluding ortho intramolecular Hbond substituents is 1. The first-order chi connectivity index (χ1) is 12.8. The molecule has 3 nitrogen and oxygen atoms in total. The number of aromatic nitrogens is 1. The molecule has 0 unspecified atom stereocenters. The third-order valence-electron chi connectivity index (χ3n) is 4.60. The van der Waals surface area contributed by atoms with Crippen LogP contribution in [0.4, 0.5) is 0 Å². The molecule has 3 heteroatoms. The molecule has 1 heterocycles. The zero-order valence-electron chi connectivity index (χ0n) is 13.9. The molecule has 124 valence electrons. The molecule has 5 rings (SSSR count).